The molecule has 1 aliphatic carbocycles. The zero-order chi connectivity index (χ0) is 10.9. The maximum Gasteiger partial charge on any atom is 0.325 e. The highest BCUT2D eigenvalue weighted by Crippen LogP contribution is 2.36. The number of hydrogen-bond acceptors (Lipinski definition) is 5. The van der Waals surface area contributed by atoms with Crippen molar-refractivity contribution in [2.75, 3.05) is 7.11 Å². The maximum absolute atomic E-state index is 11.5. The monoisotopic (exact) mass is 210 g/mol. The number of carbonyl (C=O) groups excluding carboxylic acids is 1. The molecule has 1 aromatic heterocycles. The van der Waals surface area contributed by atoms with Gasteiger partial charge in [-0.1, -0.05) is 0 Å². The standard InChI is InChI=1S/C9H14N4O2/c1-15-8(14)9(10)3-2-7(4-9)13-6-11-5-12-13/h5-7H,2-4,10H2,1H3. The van der Waals surface area contributed by atoms with Crippen molar-refractivity contribution in [2.45, 2.75) is 30.8 Å². The second-order valence-electron chi connectivity index (χ2n) is 3.92. The normalized spacial score (nSPS) is 30.4. The average Bonchev–Trinajstić information content (AvgIpc) is 2.85. The number of aromatic nitrogens is 3. The molecule has 82 valence electrons. The number of rotatable bonds is 2. The molecule has 1 aromatic rings. The molecule has 2 unspecified atom stereocenters. The van der Waals surface area contributed by atoms with Crippen LogP contribution in [-0.2, 0) is 9.53 Å². The molecule has 0 spiro atoms. The number of hydrogen-bond donors (Lipinski definition) is 1. The summed E-state index contributed by atoms with van der Waals surface area (Å²) in [7, 11) is 1.36. The quantitative estimate of drug-likeness (QED) is 0.688. The van der Waals surface area contributed by atoms with Crippen molar-refractivity contribution in [3.05, 3.63) is 12.7 Å². The summed E-state index contributed by atoms with van der Waals surface area (Å²) in [6.07, 6.45) is 5.14. The van der Waals surface area contributed by atoms with Crippen LogP contribution < -0.4 is 5.73 Å². The van der Waals surface area contributed by atoms with Crippen LogP contribution in [0.25, 0.3) is 0 Å². The van der Waals surface area contributed by atoms with Crippen molar-refractivity contribution in [3.63, 3.8) is 0 Å². The van der Waals surface area contributed by atoms with Crippen molar-refractivity contribution in [1.82, 2.24) is 14.8 Å². The molecule has 1 aliphatic rings. The minimum Gasteiger partial charge on any atom is -0.468 e. The van der Waals surface area contributed by atoms with E-state index in [1.54, 1.807) is 11.0 Å². The van der Waals surface area contributed by atoms with E-state index >= 15 is 0 Å². The molecule has 0 bridgehead atoms. The Morgan fingerprint density at radius 3 is 3.13 bits per heavy atom. The van der Waals surface area contributed by atoms with Gasteiger partial charge in [0.05, 0.1) is 13.2 Å². The van der Waals surface area contributed by atoms with Crippen LogP contribution in [0.4, 0.5) is 0 Å². The van der Waals surface area contributed by atoms with Gasteiger partial charge in [-0.2, -0.15) is 5.10 Å². The van der Waals surface area contributed by atoms with Crippen molar-refractivity contribution in [3.8, 4) is 0 Å². The third kappa shape index (κ3) is 1.72. The summed E-state index contributed by atoms with van der Waals surface area (Å²) < 4.78 is 6.44. The average molecular weight is 210 g/mol. The topological polar surface area (TPSA) is 83.0 Å². The highest BCUT2D eigenvalue weighted by Gasteiger charge is 2.43. The Balaban J connectivity index is 2.09. The van der Waals surface area contributed by atoms with Crippen molar-refractivity contribution < 1.29 is 9.53 Å². The number of carbonyl (C=O) groups is 1. The number of esters is 1. The number of ether oxygens (including phenoxy) is 1. The zero-order valence-corrected chi connectivity index (χ0v) is 8.59. The van der Waals surface area contributed by atoms with Crippen molar-refractivity contribution in [2.24, 2.45) is 5.73 Å². The van der Waals surface area contributed by atoms with Crippen LogP contribution in [0, 0.1) is 0 Å². The van der Waals surface area contributed by atoms with Gasteiger partial charge >= 0.3 is 5.97 Å². The van der Waals surface area contributed by atoms with Crippen LogP contribution >= 0.6 is 0 Å². The fourth-order valence-corrected chi connectivity index (χ4v) is 2.07. The van der Waals surface area contributed by atoms with E-state index < -0.39 is 5.54 Å². The first-order valence-electron chi connectivity index (χ1n) is 4.87. The van der Waals surface area contributed by atoms with Gasteiger partial charge in [-0.25, -0.2) is 9.67 Å². The molecule has 0 saturated heterocycles. The van der Waals surface area contributed by atoms with Gasteiger partial charge in [0.25, 0.3) is 0 Å². The molecule has 15 heavy (non-hydrogen) atoms. The third-order valence-electron chi connectivity index (χ3n) is 2.93. The summed E-state index contributed by atoms with van der Waals surface area (Å²) in [4.78, 5) is 15.3. The molecule has 1 fully saturated rings. The van der Waals surface area contributed by atoms with Crippen LogP contribution in [0.1, 0.15) is 25.3 Å². The maximum atomic E-state index is 11.5. The molecule has 2 atom stereocenters. The van der Waals surface area contributed by atoms with Gasteiger partial charge in [0.1, 0.15) is 18.2 Å². The molecule has 2 rings (SSSR count). The van der Waals surface area contributed by atoms with E-state index in [0.29, 0.717) is 12.8 Å². The number of nitrogens with two attached hydrogens (primary N) is 1. The van der Waals surface area contributed by atoms with E-state index in [9.17, 15) is 4.79 Å². The van der Waals surface area contributed by atoms with Crippen LogP contribution in [0.15, 0.2) is 12.7 Å². The van der Waals surface area contributed by atoms with E-state index in [1.807, 2.05) is 0 Å². The Kier molecular flexibility index (Phi) is 2.44. The lowest BCUT2D eigenvalue weighted by atomic mass is 9.99. The largest absolute Gasteiger partial charge is 0.468 e. The summed E-state index contributed by atoms with van der Waals surface area (Å²) >= 11 is 0. The Bertz CT molecular complexity index is 351. The van der Waals surface area contributed by atoms with E-state index in [-0.39, 0.29) is 12.0 Å². The summed E-state index contributed by atoms with van der Waals surface area (Å²) in [5.74, 6) is -0.342. The Labute approximate surface area is 87.4 Å². The first kappa shape index (κ1) is 10.1. The molecule has 6 nitrogen and oxygen atoms in total. The van der Waals surface area contributed by atoms with E-state index in [1.165, 1.54) is 13.4 Å². The SMILES string of the molecule is COC(=O)C1(N)CCC(n2cncn2)C1. The molecule has 2 N–H and O–H groups in total. The van der Waals surface area contributed by atoms with Crippen LogP contribution in [-0.4, -0.2) is 33.4 Å². The van der Waals surface area contributed by atoms with Crippen LogP contribution in [0.5, 0.6) is 0 Å². The van der Waals surface area contributed by atoms with Gasteiger partial charge in [0.2, 0.25) is 0 Å². The minimum atomic E-state index is -0.856. The van der Waals surface area contributed by atoms with Gasteiger partial charge in [0.15, 0.2) is 0 Å². The van der Waals surface area contributed by atoms with E-state index in [2.05, 4.69) is 10.1 Å². The van der Waals surface area contributed by atoms with Crippen LogP contribution in [0.3, 0.4) is 0 Å². The highest BCUT2D eigenvalue weighted by atomic mass is 16.5. The molecule has 0 amide bonds. The van der Waals surface area contributed by atoms with E-state index in [4.69, 9.17) is 10.5 Å². The predicted molar refractivity (Wildman–Crippen MR) is 51.8 cm³/mol. The van der Waals surface area contributed by atoms with Gasteiger partial charge in [-0.3, -0.25) is 4.79 Å². The first-order valence-corrected chi connectivity index (χ1v) is 4.87. The number of methoxy groups -OCH3 is 1. The third-order valence-corrected chi connectivity index (χ3v) is 2.93. The first-order chi connectivity index (χ1) is 7.15. The molecule has 1 heterocycles. The van der Waals surface area contributed by atoms with Gasteiger partial charge in [0, 0.05) is 0 Å². The summed E-state index contributed by atoms with van der Waals surface area (Å²) in [6.45, 7) is 0. The molecular formula is C9H14N4O2. The van der Waals surface area contributed by atoms with Crippen molar-refractivity contribution in [1.29, 1.82) is 0 Å². The summed E-state index contributed by atoms with van der Waals surface area (Å²) in [5.41, 5.74) is 5.12. The summed E-state index contributed by atoms with van der Waals surface area (Å²) in [5, 5.41) is 4.05. The van der Waals surface area contributed by atoms with Gasteiger partial charge in [-0.15, -0.1) is 0 Å². The fourth-order valence-electron chi connectivity index (χ4n) is 2.07. The molecule has 6 heteroatoms. The zero-order valence-electron chi connectivity index (χ0n) is 8.59. The fraction of sp³-hybridized carbons (Fsp3) is 0.667. The van der Waals surface area contributed by atoms with E-state index in [0.717, 1.165) is 6.42 Å². The lowest BCUT2D eigenvalue weighted by Crippen LogP contribution is -2.46. The molecular weight excluding hydrogens is 196 g/mol. The Morgan fingerprint density at radius 2 is 2.53 bits per heavy atom. The lowest BCUT2D eigenvalue weighted by Gasteiger charge is -2.20. The second-order valence-corrected chi connectivity index (χ2v) is 3.92. The molecule has 0 radical (unpaired) electrons. The van der Waals surface area contributed by atoms with Gasteiger partial charge in [-0.05, 0) is 19.3 Å². The summed E-state index contributed by atoms with van der Waals surface area (Å²) in [6, 6.07) is 0.150. The lowest BCUT2D eigenvalue weighted by molar-refractivity contribution is -0.146. The molecule has 0 aromatic carbocycles. The molecule has 0 aliphatic heterocycles. The Morgan fingerprint density at radius 1 is 1.73 bits per heavy atom. The van der Waals surface area contributed by atoms with Gasteiger partial charge < -0.3 is 10.5 Å². The minimum absolute atomic E-state index is 0.150. The predicted octanol–water partition coefficient (Wildman–Crippen LogP) is -0.126. The molecule has 1 saturated carbocycles. The van der Waals surface area contributed by atoms with Crippen LogP contribution in [0.2, 0.25) is 0 Å². The Hall–Kier alpha value is -1.43. The smallest absolute Gasteiger partial charge is 0.325 e. The number of nitrogens with zero attached hydrogens (tertiary/aromatic N) is 3. The van der Waals surface area contributed by atoms with Crippen molar-refractivity contribution >= 4 is 5.97 Å². The highest BCUT2D eigenvalue weighted by molar-refractivity contribution is 5.80. The second kappa shape index (κ2) is 3.62.